The Morgan fingerprint density at radius 3 is 2.41 bits per heavy atom. The van der Waals surface area contributed by atoms with Crippen LogP contribution in [0.3, 0.4) is 0 Å². The minimum absolute atomic E-state index is 0.297. The van der Waals surface area contributed by atoms with Crippen LogP contribution in [0, 0.1) is 0 Å². The van der Waals surface area contributed by atoms with Gasteiger partial charge in [-0.05, 0) is 24.6 Å². The Morgan fingerprint density at radius 2 is 1.68 bits per heavy atom. The van der Waals surface area contributed by atoms with E-state index in [-0.39, 0.29) is 5.91 Å². The summed E-state index contributed by atoms with van der Waals surface area (Å²) >= 11 is 0. The summed E-state index contributed by atoms with van der Waals surface area (Å²) in [5, 5.41) is 0. The van der Waals surface area contributed by atoms with Gasteiger partial charge in [-0.3, -0.25) is 9.63 Å². The fraction of sp³-hybridized carbons (Fsp3) is 0.235. The number of fused-ring (bicyclic) bond motifs is 1. The summed E-state index contributed by atoms with van der Waals surface area (Å²) in [5.41, 5.74) is 3.39. The third-order valence-electron chi connectivity index (χ3n) is 3.36. The van der Waals surface area contributed by atoms with Crippen molar-refractivity contribution in [2.45, 2.75) is 25.7 Å². The molecule has 0 aromatic heterocycles. The topological polar surface area (TPSA) is 56.8 Å². The minimum Gasteiger partial charge on any atom is -0.482 e. The summed E-state index contributed by atoms with van der Waals surface area (Å²) in [4.78, 5) is 17.4. The molecule has 0 spiro atoms. The quantitative estimate of drug-likeness (QED) is 0.881. The van der Waals surface area contributed by atoms with Crippen molar-refractivity contribution in [1.29, 1.82) is 0 Å². The summed E-state index contributed by atoms with van der Waals surface area (Å²) < 4.78 is 11.4. The van der Waals surface area contributed by atoms with Crippen molar-refractivity contribution in [2.24, 2.45) is 0 Å². The molecule has 5 heteroatoms. The minimum atomic E-state index is -0.745. The smallest absolute Gasteiger partial charge is 0.288 e. The number of nitrogens with one attached hydrogen (secondary N) is 1. The molecule has 0 bridgehead atoms. The van der Waals surface area contributed by atoms with Crippen LogP contribution < -0.4 is 15.0 Å². The molecule has 2 aromatic rings. The molecular weight excluding hydrogens is 282 g/mol. The molecule has 0 saturated carbocycles. The van der Waals surface area contributed by atoms with Gasteiger partial charge in [0.1, 0.15) is 6.10 Å². The van der Waals surface area contributed by atoms with Crippen molar-refractivity contribution < 1.29 is 19.1 Å². The highest BCUT2D eigenvalue weighted by molar-refractivity contribution is 5.81. The van der Waals surface area contributed by atoms with Crippen molar-refractivity contribution >= 4 is 5.91 Å². The Kier molecular flexibility index (Phi) is 4.25. The highest BCUT2D eigenvalue weighted by Gasteiger charge is 2.34. The van der Waals surface area contributed by atoms with Crippen molar-refractivity contribution in [2.75, 3.05) is 0 Å². The van der Waals surface area contributed by atoms with Gasteiger partial charge in [-0.2, -0.15) is 0 Å². The third kappa shape index (κ3) is 3.20. The number of amides is 1. The molecule has 0 aliphatic carbocycles. The molecule has 2 aromatic carbocycles. The molecule has 0 unspecified atom stereocenters. The molecule has 0 radical (unpaired) electrons. The molecule has 22 heavy (non-hydrogen) atoms. The lowest BCUT2D eigenvalue weighted by Crippen LogP contribution is -2.48. The summed E-state index contributed by atoms with van der Waals surface area (Å²) in [6.07, 6.45) is -1.14. The van der Waals surface area contributed by atoms with E-state index in [4.69, 9.17) is 14.3 Å². The van der Waals surface area contributed by atoms with E-state index < -0.39 is 12.2 Å². The van der Waals surface area contributed by atoms with Crippen LogP contribution in [0.4, 0.5) is 0 Å². The van der Waals surface area contributed by atoms with E-state index in [9.17, 15) is 4.79 Å². The number of rotatable bonds is 4. The molecule has 1 amide bonds. The molecule has 5 nitrogen and oxygen atoms in total. The van der Waals surface area contributed by atoms with Gasteiger partial charge in [-0.15, -0.1) is 0 Å². The number of carbonyl (C=O) groups is 1. The Morgan fingerprint density at radius 1 is 1.05 bits per heavy atom. The van der Waals surface area contributed by atoms with Gasteiger partial charge in [-0.1, -0.05) is 42.5 Å². The van der Waals surface area contributed by atoms with Gasteiger partial charge in [0.2, 0.25) is 6.10 Å². The van der Waals surface area contributed by atoms with E-state index in [0.717, 1.165) is 5.56 Å². The fourth-order valence-corrected chi connectivity index (χ4v) is 2.23. The van der Waals surface area contributed by atoms with Crippen molar-refractivity contribution in [3.63, 3.8) is 0 Å². The van der Waals surface area contributed by atoms with Crippen LogP contribution in [0.15, 0.2) is 54.6 Å². The van der Waals surface area contributed by atoms with E-state index in [1.807, 2.05) is 48.5 Å². The Bertz CT molecular complexity index is 644. The molecule has 1 aliphatic heterocycles. The second kappa shape index (κ2) is 6.49. The largest absolute Gasteiger partial charge is 0.482 e. The summed E-state index contributed by atoms with van der Waals surface area (Å²) in [6, 6.07) is 16.9. The van der Waals surface area contributed by atoms with Gasteiger partial charge < -0.3 is 9.47 Å². The molecule has 3 rings (SSSR count). The maximum Gasteiger partial charge on any atom is 0.288 e. The second-order valence-electron chi connectivity index (χ2n) is 5.05. The highest BCUT2D eigenvalue weighted by Crippen LogP contribution is 2.33. The van der Waals surface area contributed by atoms with E-state index >= 15 is 0 Å². The second-order valence-corrected chi connectivity index (χ2v) is 5.05. The van der Waals surface area contributed by atoms with Crippen molar-refractivity contribution in [1.82, 2.24) is 5.48 Å². The van der Waals surface area contributed by atoms with Crippen LogP contribution in [0.1, 0.15) is 12.5 Å². The monoisotopic (exact) mass is 299 g/mol. The number of carbonyl (C=O) groups excluding carboxylic acids is 1. The molecular formula is C17H17NO4. The number of hydroxylamine groups is 1. The molecule has 1 aliphatic rings. The van der Waals surface area contributed by atoms with Gasteiger partial charge in [0.25, 0.3) is 5.91 Å². The zero-order valence-electron chi connectivity index (χ0n) is 12.2. The Hall–Kier alpha value is -2.53. The average molecular weight is 299 g/mol. The first-order valence-corrected chi connectivity index (χ1v) is 7.12. The predicted octanol–water partition coefficient (Wildman–Crippen LogP) is 2.46. The molecule has 1 N–H and O–H groups in total. The lowest BCUT2D eigenvalue weighted by molar-refractivity contribution is -0.147. The zero-order chi connectivity index (χ0) is 15.4. The lowest BCUT2D eigenvalue weighted by atomic mass is 10.1. The average Bonchev–Trinajstić information content (AvgIpc) is 2.55. The highest BCUT2D eigenvalue weighted by atomic mass is 16.7. The zero-order valence-corrected chi connectivity index (χ0v) is 12.2. The van der Waals surface area contributed by atoms with Crippen molar-refractivity contribution in [3.8, 4) is 11.5 Å². The number of hydrogen-bond donors (Lipinski definition) is 1. The van der Waals surface area contributed by atoms with Crippen LogP contribution in [0.25, 0.3) is 0 Å². The Labute approximate surface area is 128 Å². The van der Waals surface area contributed by atoms with Crippen LogP contribution in [-0.2, 0) is 16.2 Å². The van der Waals surface area contributed by atoms with Gasteiger partial charge in [0.15, 0.2) is 11.5 Å². The van der Waals surface area contributed by atoms with Crippen LogP contribution in [-0.4, -0.2) is 18.1 Å². The summed E-state index contributed by atoms with van der Waals surface area (Å²) in [6.45, 7) is 2.09. The molecule has 0 fully saturated rings. The SMILES string of the molecule is C[C@H]1Oc2ccccc2O[C@@H]1C(=O)NOCc1ccccc1. The molecule has 0 saturated heterocycles. The first-order chi connectivity index (χ1) is 10.7. The van der Waals surface area contributed by atoms with Crippen molar-refractivity contribution in [3.05, 3.63) is 60.2 Å². The predicted molar refractivity (Wildman–Crippen MR) is 80.3 cm³/mol. The van der Waals surface area contributed by atoms with Gasteiger partial charge in [0, 0.05) is 0 Å². The summed E-state index contributed by atoms with van der Waals surface area (Å²) in [7, 11) is 0. The number of hydrogen-bond acceptors (Lipinski definition) is 4. The molecule has 1 heterocycles. The number of ether oxygens (including phenoxy) is 2. The number of para-hydroxylation sites is 2. The van der Waals surface area contributed by atoms with Gasteiger partial charge in [0.05, 0.1) is 6.61 Å². The third-order valence-corrected chi connectivity index (χ3v) is 3.36. The van der Waals surface area contributed by atoms with Crippen LogP contribution >= 0.6 is 0 Å². The first kappa shape index (κ1) is 14.4. The van der Waals surface area contributed by atoms with E-state index in [0.29, 0.717) is 18.1 Å². The van der Waals surface area contributed by atoms with E-state index in [1.54, 1.807) is 13.0 Å². The summed E-state index contributed by atoms with van der Waals surface area (Å²) in [5.74, 6) is 0.839. The van der Waals surface area contributed by atoms with Crippen LogP contribution in [0.5, 0.6) is 11.5 Å². The maximum atomic E-state index is 12.2. The van der Waals surface area contributed by atoms with Gasteiger partial charge >= 0.3 is 0 Å². The fourth-order valence-electron chi connectivity index (χ4n) is 2.23. The molecule has 114 valence electrons. The number of benzene rings is 2. The first-order valence-electron chi connectivity index (χ1n) is 7.12. The maximum absolute atomic E-state index is 12.2. The van der Waals surface area contributed by atoms with E-state index in [1.165, 1.54) is 0 Å². The van der Waals surface area contributed by atoms with E-state index in [2.05, 4.69) is 5.48 Å². The Balaban J connectivity index is 1.56. The lowest BCUT2D eigenvalue weighted by Gasteiger charge is -2.30. The van der Waals surface area contributed by atoms with Crippen LogP contribution in [0.2, 0.25) is 0 Å². The van der Waals surface area contributed by atoms with Gasteiger partial charge in [-0.25, -0.2) is 5.48 Å². The molecule has 2 atom stereocenters. The standard InChI is InChI=1S/C17H17NO4/c1-12-16(22-15-10-6-5-9-14(15)21-12)17(19)18-20-11-13-7-3-2-4-8-13/h2-10,12,16H,11H2,1H3,(H,18,19)/t12-,16+/m1/s1. The normalized spacial score (nSPS) is 19.5.